The van der Waals surface area contributed by atoms with Crippen molar-refractivity contribution >= 4 is 28.2 Å². The summed E-state index contributed by atoms with van der Waals surface area (Å²) < 4.78 is 1.55. The molecule has 7 nitrogen and oxygen atoms in total. The minimum absolute atomic E-state index is 0.00526. The molecule has 0 atom stereocenters. The molecule has 3 aromatic rings. The molecule has 0 saturated carbocycles. The molecule has 0 aliphatic rings. The number of amides is 2. The number of thiazole rings is 1. The van der Waals surface area contributed by atoms with Crippen molar-refractivity contribution in [1.82, 2.24) is 14.8 Å². The highest BCUT2D eigenvalue weighted by Gasteiger charge is 2.09. The zero-order valence-corrected chi connectivity index (χ0v) is 13.0. The Kier molecular flexibility index (Phi) is 4.65. The van der Waals surface area contributed by atoms with Crippen LogP contribution in [0.5, 0.6) is 0 Å². The Labute approximate surface area is 136 Å². The molecular weight excluding hydrogens is 314 g/mol. The van der Waals surface area contributed by atoms with Crippen LogP contribution in [0.1, 0.15) is 0 Å². The Bertz CT molecular complexity index is 784. The maximum atomic E-state index is 12.0. The number of carbonyl (C=O) groups is 1. The Morgan fingerprint density at radius 1 is 1.22 bits per heavy atom. The molecule has 118 valence electrons. The number of urea groups is 1. The molecule has 0 bridgehead atoms. The molecule has 0 aliphatic heterocycles. The molecule has 8 heteroatoms. The van der Waals surface area contributed by atoms with Crippen LogP contribution in [0.2, 0.25) is 0 Å². The lowest BCUT2D eigenvalue weighted by atomic mass is 10.2. The molecule has 0 saturated heterocycles. The summed E-state index contributed by atoms with van der Waals surface area (Å²) in [6.07, 6.45) is 4.90. The van der Waals surface area contributed by atoms with Crippen molar-refractivity contribution in [2.75, 3.05) is 17.2 Å². The van der Waals surface area contributed by atoms with E-state index in [-0.39, 0.29) is 12.6 Å². The third kappa shape index (κ3) is 3.93. The Morgan fingerprint density at radius 2 is 2.04 bits per heavy atom. The molecule has 2 heterocycles. The van der Waals surface area contributed by atoms with E-state index < -0.39 is 0 Å². The van der Waals surface area contributed by atoms with Gasteiger partial charge in [-0.25, -0.2) is 9.78 Å². The second-order valence-electron chi connectivity index (χ2n) is 4.69. The molecule has 0 unspecified atom stereocenters. The normalized spacial score (nSPS) is 10.5. The van der Waals surface area contributed by atoms with Gasteiger partial charge in [0.15, 0.2) is 5.13 Å². The van der Waals surface area contributed by atoms with Gasteiger partial charge in [-0.2, -0.15) is 5.10 Å². The molecule has 23 heavy (non-hydrogen) atoms. The largest absolute Gasteiger partial charge is 0.394 e. The zero-order valence-electron chi connectivity index (χ0n) is 12.1. The maximum absolute atomic E-state index is 12.0. The number of hydrogen-bond acceptors (Lipinski definition) is 5. The molecule has 3 N–H and O–H groups in total. The fourth-order valence-electron chi connectivity index (χ4n) is 1.98. The number of hydrogen-bond donors (Lipinski definition) is 3. The minimum Gasteiger partial charge on any atom is -0.394 e. The van der Waals surface area contributed by atoms with Gasteiger partial charge in [0.25, 0.3) is 0 Å². The number of aliphatic hydroxyl groups is 1. The number of carbonyl (C=O) groups excluding carboxylic acids is 1. The standard InChI is InChI=1S/C15H15N5O2S/c21-7-6-20-10-12(8-17-20)18-14(22)19-15-16-9-13(23-15)11-4-2-1-3-5-11/h1-5,8-10,21H,6-7H2,(H2,16,18,19,22). The Hall–Kier alpha value is -2.71. The van der Waals surface area contributed by atoms with Crippen molar-refractivity contribution in [2.45, 2.75) is 6.54 Å². The fraction of sp³-hybridized carbons (Fsp3) is 0.133. The topological polar surface area (TPSA) is 92.1 Å². The number of nitrogens with zero attached hydrogens (tertiary/aromatic N) is 3. The van der Waals surface area contributed by atoms with Gasteiger partial charge in [0.1, 0.15) is 0 Å². The van der Waals surface area contributed by atoms with E-state index in [1.165, 1.54) is 17.5 Å². The van der Waals surface area contributed by atoms with Crippen molar-refractivity contribution < 1.29 is 9.90 Å². The van der Waals surface area contributed by atoms with Crippen LogP contribution in [0.25, 0.3) is 10.4 Å². The zero-order chi connectivity index (χ0) is 16.1. The van der Waals surface area contributed by atoms with Crippen molar-refractivity contribution in [3.63, 3.8) is 0 Å². The van der Waals surface area contributed by atoms with Crippen molar-refractivity contribution in [3.8, 4) is 10.4 Å². The predicted molar refractivity (Wildman–Crippen MR) is 89.5 cm³/mol. The van der Waals surface area contributed by atoms with E-state index >= 15 is 0 Å². The van der Waals surface area contributed by atoms with Crippen molar-refractivity contribution in [1.29, 1.82) is 0 Å². The predicted octanol–water partition coefficient (Wildman–Crippen LogP) is 2.64. The van der Waals surface area contributed by atoms with E-state index in [0.29, 0.717) is 17.4 Å². The third-order valence-electron chi connectivity index (χ3n) is 3.00. The number of nitrogens with one attached hydrogen (secondary N) is 2. The van der Waals surface area contributed by atoms with Gasteiger partial charge in [-0.1, -0.05) is 41.7 Å². The van der Waals surface area contributed by atoms with E-state index in [1.807, 2.05) is 30.3 Å². The van der Waals surface area contributed by atoms with Crippen molar-refractivity contribution in [2.24, 2.45) is 0 Å². The van der Waals surface area contributed by atoms with Gasteiger partial charge in [-0.05, 0) is 5.56 Å². The Balaban J connectivity index is 1.60. The van der Waals surface area contributed by atoms with Crippen molar-refractivity contribution in [3.05, 3.63) is 48.9 Å². The lowest BCUT2D eigenvalue weighted by Gasteiger charge is -2.02. The monoisotopic (exact) mass is 329 g/mol. The molecule has 0 radical (unpaired) electrons. The van der Waals surface area contributed by atoms with E-state index in [0.717, 1.165) is 10.4 Å². The quantitative estimate of drug-likeness (QED) is 0.671. The van der Waals surface area contributed by atoms with Gasteiger partial charge in [0, 0.05) is 12.4 Å². The summed E-state index contributed by atoms with van der Waals surface area (Å²) in [6, 6.07) is 9.47. The summed E-state index contributed by atoms with van der Waals surface area (Å²) in [7, 11) is 0. The summed E-state index contributed by atoms with van der Waals surface area (Å²) in [5.74, 6) is 0. The lowest BCUT2D eigenvalue weighted by Crippen LogP contribution is -2.18. The van der Waals surface area contributed by atoms with Crippen LogP contribution in [0.15, 0.2) is 48.9 Å². The van der Waals surface area contributed by atoms with Crippen LogP contribution >= 0.6 is 11.3 Å². The van der Waals surface area contributed by atoms with E-state index in [2.05, 4.69) is 20.7 Å². The first kappa shape index (κ1) is 15.2. The van der Waals surface area contributed by atoms with Gasteiger partial charge in [-0.15, -0.1) is 0 Å². The average molecular weight is 329 g/mol. The molecule has 0 aliphatic carbocycles. The number of anilines is 2. The van der Waals surface area contributed by atoms with Gasteiger partial charge < -0.3 is 10.4 Å². The number of aromatic nitrogens is 3. The second-order valence-corrected chi connectivity index (χ2v) is 5.72. The highest BCUT2D eigenvalue weighted by molar-refractivity contribution is 7.19. The van der Waals surface area contributed by atoms with Crippen LogP contribution in [0.4, 0.5) is 15.6 Å². The van der Waals surface area contributed by atoms with Gasteiger partial charge in [0.05, 0.1) is 29.9 Å². The molecule has 2 aromatic heterocycles. The number of aliphatic hydroxyl groups excluding tert-OH is 1. The first-order valence-corrected chi connectivity index (χ1v) is 7.79. The van der Waals surface area contributed by atoms with Crippen LogP contribution in [0, 0.1) is 0 Å². The third-order valence-corrected chi connectivity index (χ3v) is 3.97. The van der Waals surface area contributed by atoms with Gasteiger partial charge in [0.2, 0.25) is 0 Å². The minimum atomic E-state index is -0.387. The van der Waals surface area contributed by atoms with E-state index in [1.54, 1.807) is 17.1 Å². The van der Waals surface area contributed by atoms with Crippen LogP contribution in [0.3, 0.4) is 0 Å². The van der Waals surface area contributed by atoms with Gasteiger partial charge >= 0.3 is 6.03 Å². The SMILES string of the molecule is O=C(Nc1cnn(CCO)c1)Nc1ncc(-c2ccccc2)s1. The molecule has 0 spiro atoms. The maximum Gasteiger partial charge on any atom is 0.325 e. The van der Waals surface area contributed by atoms with Crippen LogP contribution in [-0.2, 0) is 6.54 Å². The summed E-state index contributed by atoms with van der Waals surface area (Å²) >= 11 is 1.40. The number of benzene rings is 1. The number of rotatable bonds is 5. The Morgan fingerprint density at radius 3 is 2.83 bits per heavy atom. The first-order chi connectivity index (χ1) is 11.2. The summed E-state index contributed by atoms with van der Waals surface area (Å²) in [5, 5.41) is 18.7. The van der Waals surface area contributed by atoms with Crippen LogP contribution < -0.4 is 10.6 Å². The summed E-state index contributed by atoms with van der Waals surface area (Å²) in [4.78, 5) is 17.1. The summed E-state index contributed by atoms with van der Waals surface area (Å²) in [6.45, 7) is 0.380. The molecular formula is C15H15N5O2S. The molecule has 0 fully saturated rings. The van der Waals surface area contributed by atoms with Crippen LogP contribution in [-0.4, -0.2) is 32.5 Å². The smallest absolute Gasteiger partial charge is 0.325 e. The highest BCUT2D eigenvalue weighted by Crippen LogP contribution is 2.28. The molecule has 3 rings (SSSR count). The average Bonchev–Trinajstić information content (AvgIpc) is 3.18. The molecule has 1 aromatic carbocycles. The van der Waals surface area contributed by atoms with Gasteiger partial charge in [-0.3, -0.25) is 10.00 Å². The molecule has 2 amide bonds. The lowest BCUT2D eigenvalue weighted by molar-refractivity contribution is 0.262. The summed E-state index contributed by atoms with van der Waals surface area (Å²) in [5.41, 5.74) is 1.61. The highest BCUT2D eigenvalue weighted by atomic mass is 32.1. The van der Waals surface area contributed by atoms with E-state index in [9.17, 15) is 4.79 Å². The second kappa shape index (κ2) is 7.03. The van der Waals surface area contributed by atoms with E-state index in [4.69, 9.17) is 5.11 Å². The fourth-order valence-corrected chi connectivity index (χ4v) is 2.80. The first-order valence-electron chi connectivity index (χ1n) is 6.97.